The van der Waals surface area contributed by atoms with E-state index in [1.54, 1.807) is 0 Å². The van der Waals surface area contributed by atoms with Gasteiger partial charge in [0.25, 0.3) is 0 Å². The maximum atomic E-state index is 12.0. The molecule has 0 fully saturated rings. The van der Waals surface area contributed by atoms with Gasteiger partial charge >= 0.3 is 82.9 Å². The molecule has 0 aliphatic rings. The Hall–Kier alpha value is -0.307. The van der Waals surface area contributed by atoms with Crippen LogP contribution in [0.3, 0.4) is 0 Å². The first-order valence-electron chi connectivity index (χ1n) is 3.05. The Kier molecular flexibility index (Phi) is 2.94. The molecule has 0 bridgehead atoms. The van der Waals surface area contributed by atoms with Crippen molar-refractivity contribution < 1.29 is 41.1 Å². The van der Waals surface area contributed by atoms with E-state index in [-0.39, 0.29) is 0 Å². The summed E-state index contributed by atoms with van der Waals surface area (Å²) >= 11 is 0.807. The summed E-state index contributed by atoms with van der Waals surface area (Å²) in [6, 6.07) is 4.60. The fourth-order valence-corrected chi connectivity index (χ4v) is 1.05. The van der Waals surface area contributed by atoms with E-state index in [1.807, 2.05) is 0 Å². The number of rotatable bonds is 1. The van der Waals surface area contributed by atoms with E-state index in [4.69, 9.17) is 2.81 Å². The third-order valence-electron chi connectivity index (χ3n) is 1.30. The van der Waals surface area contributed by atoms with Crippen LogP contribution in [0.1, 0.15) is 5.56 Å². The first-order valence-corrected chi connectivity index (χ1v) is 4.05. The van der Waals surface area contributed by atoms with Crippen molar-refractivity contribution in [2.24, 2.45) is 0 Å². The molecule has 1 rings (SSSR count). The van der Waals surface area contributed by atoms with Crippen molar-refractivity contribution in [2.75, 3.05) is 0 Å². The molecular formula is C7H4F3OZr. The second-order valence-corrected chi connectivity index (χ2v) is 2.63. The average Bonchev–Trinajstić information content (AvgIpc) is 2.03. The normalized spacial score (nSPS) is 11.2. The van der Waals surface area contributed by atoms with Gasteiger partial charge in [-0.3, -0.25) is 0 Å². The van der Waals surface area contributed by atoms with Gasteiger partial charge in [-0.15, -0.1) is 0 Å². The van der Waals surface area contributed by atoms with Crippen molar-refractivity contribution in [3.05, 3.63) is 29.8 Å². The molecule has 0 aromatic heterocycles. The van der Waals surface area contributed by atoms with Crippen LogP contribution in [0, 0.1) is 0 Å². The van der Waals surface area contributed by atoms with Crippen molar-refractivity contribution in [2.45, 2.75) is 6.18 Å². The second-order valence-electron chi connectivity index (χ2n) is 2.12. The molecule has 0 N–H and O–H groups in total. The quantitative estimate of drug-likeness (QED) is 0.746. The Morgan fingerprint density at radius 1 is 1.08 bits per heavy atom. The van der Waals surface area contributed by atoms with Gasteiger partial charge < -0.3 is 0 Å². The van der Waals surface area contributed by atoms with Crippen LogP contribution in [-0.4, -0.2) is 0 Å². The van der Waals surface area contributed by atoms with Gasteiger partial charge in [0.05, 0.1) is 0 Å². The van der Waals surface area contributed by atoms with Crippen LogP contribution in [0.4, 0.5) is 13.2 Å². The maximum absolute atomic E-state index is 12.0. The SMILES string of the molecule is FC(F)(F)c1ccc([O][Zr])cc1. The van der Waals surface area contributed by atoms with Gasteiger partial charge in [0.2, 0.25) is 0 Å². The van der Waals surface area contributed by atoms with E-state index in [1.165, 1.54) is 12.1 Å². The predicted molar refractivity (Wildman–Crippen MR) is 32.1 cm³/mol. The third-order valence-corrected chi connectivity index (χ3v) is 1.88. The van der Waals surface area contributed by atoms with E-state index in [9.17, 15) is 13.2 Å². The van der Waals surface area contributed by atoms with Crippen LogP contribution in [0.5, 0.6) is 5.75 Å². The molecule has 5 heteroatoms. The van der Waals surface area contributed by atoms with Crippen molar-refractivity contribution in [1.82, 2.24) is 0 Å². The van der Waals surface area contributed by atoms with E-state index in [0.29, 0.717) is 5.75 Å². The molecule has 0 atom stereocenters. The van der Waals surface area contributed by atoms with Gasteiger partial charge in [0.1, 0.15) is 0 Å². The van der Waals surface area contributed by atoms with E-state index >= 15 is 0 Å². The van der Waals surface area contributed by atoms with Gasteiger partial charge in [-0.2, -0.15) is 0 Å². The Morgan fingerprint density at radius 2 is 1.58 bits per heavy atom. The van der Waals surface area contributed by atoms with Gasteiger partial charge in [-0.25, -0.2) is 0 Å². The molecule has 0 saturated heterocycles. The molecule has 0 saturated carbocycles. The van der Waals surface area contributed by atoms with Gasteiger partial charge in [0.15, 0.2) is 0 Å². The van der Waals surface area contributed by atoms with Crippen molar-refractivity contribution in [3.8, 4) is 5.75 Å². The average molecular weight is 252 g/mol. The summed E-state index contributed by atoms with van der Waals surface area (Å²) < 4.78 is 40.8. The first kappa shape index (κ1) is 9.78. The van der Waals surface area contributed by atoms with Gasteiger partial charge in [0, 0.05) is 0 Å². The summed E-state index contributed by atoms with van der Waals surface area (Å²) in [5.41, 5.74) is -0.654. The fraction of sp³-hybridized carbons (Fsp3) is 0.143. The summed E-state index contributed by atoms with van der Waals surface area (Å²) in [7, 11) is 0. The monoisotopic (exact) mass is 251 g/mol. The van der Waals surface area contributed by atoms with E-state index in [2.05, 4.69) is 0 Å². The molecule has 0 aliphatic carbocycles. The minimum absolute atomic E-state index is 0.459. The number of hydrogen-bond acceptors (Lipinski definition) is 1. The van der Waals surface area contributed by atoms with Crippen LogP contribution in [-0.2, 0) is 31.3 Å². The molecule has 1 aromatic carbocycles. The molecular weight excluding hydrogens is 248 g/mol. The summed E-state index contributed by atoms with van der Waals surface area (Å²) in [6.45, 7) is 0. The van der Waals surface area contributed by atoms with E-state index < -0.39 is 11.7 Å². The standard InChI is InChI=1S/C7H5F3O.Zr/c8-7(9,10)5-1-3-6(11)4-2-5;/h1-4,11H;/q;+1/p-1. The van der Waals surface area contributed by atoms with Crippen LogP contribution in [0.2, 0.25) is 0 Å². The van der Waals surface area contributed by atoms with Crippen LogP contribution in [0.15, 0.2) is 24.3 Å². The Bertz CT molecular complexity index is 254. The Morgan fingerprint density at radius 3 is 1.92 bits per heavy atom. The molecule has 0 amide bonds. The van der Waals surface area contributed by atoms with Crippen molar-refractivity contribution in [3.63, 3.8) is 0 Å². The molecule has 0 spiro atoms. The Balaban J connectivity index is 2.93. The molecule has 12 heavy (non-hydrogen) atoms. The summed E-state index contributed by atoms with van der Waals surface area (Å²) in [6.07, 6.45) is -4.26. The summed E-state index contributed by atoms with van der Waals surface area (Å²) in [5.74, 6) is 0.459. The molecule has 0 radical (unpaired) electrons. The summed E-state index contributed by atoms with van der Waals surface area (Å²) in [5, 5.41) is 0. The molecule has 1 nitrogen and oxygen atoms in total. The number of halogens is 3. The number of hydrogen-bond donors (Lipinski definition) is 0. The molecule has 63 valence electrons. The zero-order chi connectivity index (χ0) is 9.19. The molecule has 0 heterocycles. The fourth-order valence-electron chi connectivity index (χ4n) is 0.712. The van der Waals surface area contributed by atoms with Gasteiger partial charge in [-0.05, 0) is 0 Å². The predicted octanol–water partition coefficient (Wildman–Crippen LogP) is 2.55. The molecule has 1 aromatic rings. The second kappa shape index (κ2) is 3.61. The van der Waals surface area contributed by atoms with Crippen molar-refractivity contribution in [1.29, 1.82) is 0 Å². The topological polar surface area (TPSA) is 9.23 Å². The van der Waals surface area contributed by atoms with Crippen LogP contribution < -0.4 is 2.81 Å². The minimum atomic E-state index is -4.26. The number of alkyl halides is 3. The Labute approximate surface area is 83.0 Å². The zero-order valence-electron chi connectivity index (χ0n) is 5.85. The van der Waals surface area contributed by atoms with Crippen LogP contribution >= 0.6 is 0 Å². The summed E-state index contributed by atoms with van der Waals surface area (Å²) in [4.78, 5) is 0. The number of benzene rings is 1. The van der Waals surface area contributed by atoms with E-state index in [0.717, 1.165) is 37.3 Å². The van der Waals surface area contributed by atoms with Crippen molar-refractivity contribution >= 4 is 0 Å². The zero-order valence-corrected chi connectivity index (χ0v) is 8.31. The molecule has 0 aliphatic heterocycles. The third kappa shape index (κ3) is 2.34. The van der Waals surface area contributed by atoms with Crippen LogP contribution in [0.25, 0.3) is 0 Å². The molecule has 0 unspecified atom stereocenters. The first-order chi connectivity index (χ1) is 5.54. The van der Waals surface area contributed by atoms with Gasteiger partial charge in [-0.1, -0.05) is 0 Å².